The van der Waals surface area contributed by atoms with Crippen molar-refractivity contribution in [1.29, 1.82) is 0 Å². The number of fused-ring (bicyclic) bond motifs is 1. The van der Waals surface area contributed by atoms with Crippen LogP contribution in [0, 0.1) is 6.92 Å². The number of amides is 2. The van der Waals surface area contributed by atoms with Gasteiger partial charge in [0.25, 0.3) is 5.91 Å². The van der Waals surface area contributed by atoms with E-state index in [2.05, 4.69) is 5.32 Å². The summed E-state index contributed by atoms with van der Waals surface area (Å²) in [6.45, 7) is 6.01. The zero-order valence-corrected chi connectivity index (χ0v) is 21.7. The highest BCUT2D eigenvalue weighted by atomic mass is 16.5. The Morgan fingerprint density at radius 3 is 2.22 bits per heavy atom. The maximum Gasteiger partial charge on any atom is 0.261 e. The Labute approximate surface area is 219 Å². The summed E-state index contributed by atoms with van der Waals surface area (Å²) in [6, 6.07) is 30.8. The van der Waals surface area contributed by atoms with Crippen LogP contribution in [0.25, 0.3) is 10.8 Å². The molecule has 37 heavy (non-hydrogen) atoms. The van der Waals surface area contributed by atoms with Gasteiger partial charge in [0.15, 0.2) is 6.61 Å². The highest BCUT2D eigenvalue weighted by Crippen LogP contribution is 2.25. The molecule has 0 bridgehead atoms. The lowest BCUT2D eigenvalue weighted by atomic mass is 10.0. The van der Waals surface area contributed by atoms with Gasteiger partial charge in [-0.15, -0.1) is 0 Å². The number of rotatable bonds is 10. The molecular formula is C32H34N2O3. The van der Waals surface area contributed by atoms with Crippen LogP contribution in [0.2, 0.25) is 0 Å². The van der Waals surface area contributed by atoms with Gasteiger partial charge >= 0.3 is 0 Å². The highest BCUT2D eigenvalue weighted by Gasteiger charge is 2.31. The van der Waals surface area contributed by atoms with E-state index in [1.165, 1.54) is 0 Å². The molecule has 4 aromatic carbocycles. The number of aryl methyl sites for hydroxylation is 1. The second kappa shape index (κ2) is 12.2. The Hall–Kier alpha value is -4.12. The molecule has 0 aliphatic carbocycles. The molecule has 0 spiro atoms. The average molecular weight is 495 g/mol. The number of ether oxygens (including phenoxy) is 1. The van der Waals surface area contributed by atoms with Gasteiger partial charge in [0.1, 0.15) is 11.8 Å². The molecule has 0 heterocycles. The summed E-state index contributed by atoms with van der Waals surface area (Å²) >= 11 is 0. The topological polar surface area (TPSA) is 58.6 Å². The molecule has 0 saturated heterocycles. The first-order valence-corrected chi connectivity index (χ1v) is 12.7. The molecule has 1 unspecified atom stereocenters. The fraction of sp³-hybridized carbons (Fsp3) is 0.250. The molecule has 1 atom stereocenters. The van der Waals surface area contributed by atoms with E-state index in [-0.39, 0.29) is 24.5 Å². The maximum atomic E-state index is 13.8. The summed E-state index contributed by atoms with van der Waals surface area (Å²) in [5.74, 6) is 0.228. The molecule has 0 aliphatic rings. The molecule has 5 nitrogen and oxygen atoms in total. The molecule has 0 fully saturated rings. The number of carbonyl (C=O) groups excluding carboxylic acids is 2. The lowest BCUT2D eigenvalue weighted by Gasteiger charge is -2.32. The number of hydrogen-bond donors (Lipinski definition) is 1. The van der Waals surface area contributed by atoms with Crippen molar-refractivity contribution in [3.8, 4) is 5.75 Å². The molecule has 0 saturated carbocycles. The Morgan fingerprint density at radius 1 is 0.811 bits per heavy atom. The minimum Gasteiger partial charge on any atom is -0.483 e. The monoisotopic (exact) mass is 494 g/mol. The molecule has 4 aromatic rings. The van der Waals surface area contributed by atoms with Crippen molar-refractivity contribution in [3.63, 3.8) is 0 Å². The lowest BCUT2D eigenvalue weighted by Crippen LogP contribution is -2.52. The minimum atomic E-state index is -0.685. The van der Waals surface area contributed by atoms with Crippen LogP contribution in [0.1, 0.15) is 30.5 Å². The van der Waals surface area contributed by atoms with Gasteiger partial charge < -0.3 is 15.0 Å². The summed E-state index contributed by atoms with van der Waals surface area (Å²) in [5, 5.41) is 5.01. The van der Waals surface area contributed by atoms with Gasteiger partial charge in [0.2, 0.25) is 5.91 Å². The van der Waals surface area contributed by atoms with Crippen molar-refractivity contribution in [2.45, 2.75) is 45.8 Å². The Morgan fingerprint density at radius 2 is 1.49 bits per heavy atom. The van der Waals surface area contributed by atoms with Crippen molar-refractivity contribution < 1.29 is 14.3 Å². The molecule has 0 aromatic heterocycles. The number of hydrogen-bond acceptors (Lipinski definition) is 3. The molecule has 0 radical (unpaired) electrons. The standard InChI is InChI=1S/C32H34N2O3/c1-23(2)33-32(36)29(20-25-10-5-4-6-11-25)34(21-26-18-16-24(3)17-19-26)31(35)22-37-30-15-9-13-27-12-7-8-14-28(27)30/h4-19,23,29H,20-22H2,1-3H3,(H,33,36). The summed E-state index contributed by atoms with van der Waals surface area (Å²) in [7, 11) is 0. The molecule has 190 valence electrons. The first kappa shape index (κ1) is 26.0. The van der Waals surface area contributed by atoms with Gasteiger partial charge in [-0.1, -0.05) is 96.6 Å². The third kappa shape index (κ3) is 6.98. The third-order valence-electron chi connectivity index (χ3n) is 6.28. The molecule has 4 rings (SSSR count). The summed E-state index contributed by atoms with van der Waals surface area (Å²) in [6.07, 6.45) is 0.408. The van der Waals surface area contributed by atoms with Gasteiger partial charge in [-0.2, -0.15) is 0 Å². The van der Waals surface area contributed by atoms with Crippen LogP contribution in [0.4, 0.5) is 0 Å². The van der Waals surface area contributed by atoms with Gasteiger partial charge in [-0.3, -0.25) is 9.59 Å². The normalized spacial score (nSPS) is 11.8. The van der Waals surface area contributed by atoms with E-state index < -0.39 is 6.04 Å². The number of benzene rings is 4. The van der Waals surface area contributed by atoms with Gasteiger partial charge in [-0.05, 0) is 43.4 Å². The molecule has 5 heteroatoms. The number of nitrogens with one attached hydrogen (secondary N) is 1. The zero-order chi connectivity index (χ0) is 26.2. The fourth-order valence-electron chi connectivity index (χ4n) is 4.37. The lowest BCUT2D eigenvalue weighted by molar-refractivity contribution is -0.143. The first-order chi connectivity index (χ1) is 17.9. The van der Waals surface area contributed by atoms with Gasteiger partial charge in [0.05, 0.1) is 0 Å². The van der Waals surface area contributed by atoms with Crippen LogP contribution in [-0.4, -0.2) is 35.4 Å². The number of carbonyl (C=O) groups is 2. The van der Waals surface area contributed by atoms with Crippen molar-refractivity contribution >= 4 is 22.6 Å². The predicted molar refractivity (Wildman–Crippen MR) is 148 cm³/mol. The fourth-order valence-corrected chi connectivity index (χ4v) is 4.37. The van der Waals surface area contributed by atoms with Crippen LogP contribution < -0.4 is 10.1 Å². The van der Waals surface area contributed by atoms with E-state index in [9.17, 15) is 9.59 Å². The van der Waals surface area contributed by atoms with Crippen molar-refractivity contribution in [2.24, 2.45) is 0 Å². The van der Waals surface area contributed by atoms with E-state index in [4.69, 9.17) is 4.74 Å². The van der Waals surface area contributed by atoms with Crippen molar-refractivity contribution in [1.82, 2.24) is 10.2 Å². The van der Waals surface area contributed by atoms with Crippen LogP contribution in [0.3, 0.4) is 0 Å². The molecule has 0 aliphatic heterocycles. The second-order valence-electron chi connectivity index (χ2n) is 9.64. The highest BCUT2D eigenvalue weighted by molar-refractivity contribution is 5.90. The number of nitrogens with zero attached hydrogens (tertiary/aromatic N) is 1. The van der Waals surface area contributed by atoms with Gasteiger partial charge in [-0.25, -0.2) is 0 Å². The Balaban J connectivity index is 1.64. The summed E-state index contributed by atoms with van der Waals surface area (Å²) in [5.41, 5.74) is 3.09. The van der Waals surface area contributed by atoms with Crippen molar-refractivity contribution in [2.75, 3.05) is 6.61 Å². The quantitative estimate of drug-likeness (QED) is 0.308. The molecule has 2 amide bonds. The largest absolute Gasteiger partial charge is 0.483 e. The van der Waals surface area contributed by atoms with Crippen molar-refractivity contribution in [3.05, 3.63) is 114 Å². The Bertz CT molecular complexity index is 1330. The van der Waals surface area contributed by atoms with Crippen LogP contribution in [0.15, 0.2) is 97.1 Å². The van der Waals surface area contributed by atoms with E-state index in [0.717, 1.165) is 27.5 Å². The second-order valence-corrected chi connectivity index (χ2v) is 9.64. The predicted octanol–water partition coefficient (Wildman–Crippen LogP) is 5.69. The summed E-state index contributed by atoms with van der Waals surface area (Å²) in [4.78, 5) is 28.9. The smallest absolute Gasteiger partial charge is 0.261 e. The van der Waals surface area contributed by atoms with E-state index in [1.807, 2.05) is 118 Å². The van der Waals surface area contributed by atoms with E-state index in [1.54, 1.807) is 4.90 Å². The third-order valence-corrected chi connectivity index (χ3v) is 6.28. The SMILES string of the molecule is Cc1ccc(CN(C(=O)COc2cccc3ccccc23)C(Cc2ccccc2)C(=O)NC(C)C)cc1. The maximum absolute atomic E-state index is 13.8. The first-order valence-electron chi connectivity index (χ1n) is 12.7. The minimum absolute atomic E-state index is 0.0472. The molecular weight excluding hydrogens is 460 g/mol. The van der Waals surface area contributed by atoms with E-state index >= 15 is 0 Å². The van der Waals surface area contributed by atoms with Crippen LogP contribution in [-0.2, 0) is 22.6 Å². The van der Waals surface area contributed by atoms with Crippen LogP contribution in [0.5, 0.6) is 5.75 Å². The van der Waals surface area contributed by atoms with Gasteiger partial charge in [0, 0.05) is 24.4 Å². The van der Waals surface area contributed by atoms with E-state index in [0.29, 0.717) is 18.7 Å². The summed E-state index contributed by atoms with van der Waals surface area (Å²) < 4.78 is 6.06. The zero-order valence-electron chi connectivity index (χ0n) is 21.7. The Kier molecular flexibility index (Phi) is 8.57. The molecule has 1 N–H and O–H groups in total. The average Bonchev–Trinajstić information content (AvgIpc) is 2.90. The van der Waals surface area contributed by atoms with Crippen LogP contribution >= 0.6 is 0 Å².